The second kappa shape index (κ2) is 4.11. The van der Waals surface area contributed by atoms with E-state index in [4.69, 9.17) is 5.11 Å². The van der Waals surface area contributed by atoms with Crippen molar-refractivity contribution in [1.82, 2.24) is 0 Å². The van der Waals surface area contributed by atoms with Gasteiger partial charge in [-0.2, -0.15) is 0 Å². The highest BCUT2D eigenvalue weighted by atomic mass is 32.2. The minimum atomic E-state index is -1.13. The summed E-state index contributed by atoms with van der Waals surface area (Å²) in [6.07, 6.45) is 0.485. The Balaban J connectivity index is 2.21. The van der Waals surface area contributed by atoms with Crippen LogP contribution in [-0.4, -0.2) is 27.0 Å². The molecule has 2 N–H and O–H groups in total. The summed E-state index contributed by atoms with van der Waals surface area (Å²) in [4.78, 5) is 11.0. The molecule has 1 aliphatic rings. The minimum Gasteiger partial charge on any atom is -0.480 e. The van der Waals surface area contributed by atoms with E-state index in [1.807, 2.05) is 30.3 Å². The van der Waals surface area contributed by atoms with Crippen molar-refractivity contribution in [3.63, 3.8) is 0 Å². The molecule has 0 radical (unpaired) electrons. The fraction of sp³-hybridized carbons (Fsp3) is 0.417. The molecule has 1 heterocycles. The number of benzene rings is 1. The molecule has 1 aromatic carbocycles. The lowest BCUT2D eigenvalue weighted by molar-refractivity contribution is -0.140. The van der Waals surface area contributed by atoms with Crippen LogP contribution >= 0.6 is 11.8 Å². The summed E-state index contributed by atoms with van der Waals surface area (Å²) in [7, 11) is 0. The van der Waals surface area contributed by atoms with E-state index >= 15 is 0 Å². The van der Waals surface area contributed by atoms with Crippen molar-refractivity contribution >= 4 is 17.7 Å². The molecule has 0 spiro atoms. The van der Waals surface area contributed by atoms with E-state index in [9.17, 15) is 9.90 Å². The van der Waals surface area contributed by atoms with Crippen LogP contribution < -0.4 is 0 Å². The lowest BCUT2D eigenvalue weighted by Crippen LogP contribution is -2.38. The van der Waals surface area contributed by atoms with E-state index < -0.39 is 16.8 Å². The van der Waals surface area contributed by atoms with Gasteiger partial charge in [0.2, 0.25) is 0 Å². The normalized spacial score (nSPS) is 33.9. The average Bonchev–Trinajstić information content (AvgIpc) is 2.56. The first-order valence-electron chi connectivity index (χ1n) is 5.16. The van der Waals surface area contributed by atoms with Crippen molar-refractivity contribution in [2.24, 2.45) is 0 Å². The molecular weight excluding hydrogens is 224 g/mol. The van der Waals surface area contributed by atoms with Gasteiger partial charge in [-0.3, -0.25) is 4.79 Å². The van der Waals surface area contributed by atoms with E-state index in [1.54, 1.807) is 6.92 Å². The van der Waals surface area contributed by atoms with Crippen molar-refractivity contribution in [3.8, 4) is 0 Å². The molecule has 1 fully saturated rings. The third-order valence-electron chi connectivity index (χ3n) is 2.86. The predicted octanol–water partition coefficient (Wildman–Crippen LogP) is 2.07. The third-order valence-corrected chi connectivity index (χ3v) is 4.61. The molecule has 0 unspecified atom stereocenters. The van der Waals surface area contributed by atoms with Crippen LogP contribution in [0.1, 0.15) is 24.2 Å². The Hall–Kier alpha value is -1.00. The number of aliphatic hydroxyl groups is 1. The van der Waals surface area contributed by atoms with Gasteiger partial charge in [0.05, 0.1) is 5.60 Å². The molecule has 0 saturated carbocycles. The van der Waals surface area contributed by atoms with Gasteiger partial charge < -0.3 is 10.2 Å². The fourth-order valence-corrected chi connectivity index (χ4v) is 3.61. The first kappa shape index (κ1) is 11.5. The lowest BCUT2D eigenvalue weighted by atomic mass is 9.94. The van der Waals surface area contributed by atoms with Crippen LogP contribution in [0.2, 0.25) is 0 Å². The zero-order valence-corrected chi connectivity index (χ0v) is 9.78. The van der Waals surface area contributed by atoms with Gasteiger partial charge >= 0.3 is 5.97 Å². The minimum absolute atomic E-state index is 0.0669. The highest BCUT2D eigenvalue weighted by Crippen LogP contribution is 2.50. The maximum Gasteiger partial charge on any atom is 0.319 e. The largest absolute Gasteiger partial charge is 0.480 e. The van der Waals surface area contributed by atoms with Gasteiger partial charge in [0.25, 0.3) is 0 Å². The topological polar surface area (TPSA) is 57.5 Å². The first-order valence-corrected chi connectivity index (χ1v) is 6.10. The maximum absolute atomic E-state index is 11.0. The zero-order chi connectivity index (χ0) is 11.8. The molecular formula is C12H14O3S. The second-order valence-electron chi connectivity index (χ2n) is 4.31. The molecule has 16 heavy (non-hydrogen) atoms. The van der Waals surface area contributed by atoms with Crippen LogP contribution in [0.4, 0.5) is 0 Å². The molecule has 86 valence electrons. The summed E-state index contributed by atoms with van der Waals surface area (Å²) in [5, 5.41) is 18.4. The molecule has 1 saturated heterocycles. The predicted molar refractivity (Wildman–Crippen MR) is 63.4 cm³/mol. The summed E-state index contributed by atoms with van der Waals surface area (Å²) in [5.74, 6) is -0.937. The Morgan fingerprint density at radius 2 is 2.06 bits per heavy atom. The number of aliphatic carboxylic acids is 1. The lowest BCUT2D eigenvalue weighted by Gasteiger charge is -2.20. The summed E-state index contributed by atoms with van der Waals surface area (Å²) in [6, 6.07) is 9.73. The van der Waals surface area contributed by atoms with E-state index in [-0.39, 0.29) is 5.25 Å². The quantitative estimate of drug-likeness (QED) is 0.828. The van der Waals surface area contributed by atoms with Gasteiger partial charge in [0.15, 0.2) is 0 Å². The van der Waals surface area contributed by atoms with Crippen molar-refractivity contribution < 1.29 is 15.0 Å². The molecule has 3 nitrogen and oxygen atoms in total. The molecule has 0 amide bonds. The monoisotopic (exact) mass is 238 g/mol. The Bertz CT molecular complexity index is 389. The van der Waals surface area contributed by atoms with Crippen LogP contribution in [0.3, 0.4) is 0 Å². The summed E-state index contributed by atoms with van der Waals surface area (Å²) >= 11 is 1.33. The number of rotatable bonds is 2. The number of carboxylic acids is 1. The smallest absolute Gasteiger partial charge is 0.319 e. The Kier molecular flexibility index (Phi) is 2.95. The van der Waals surface area contributed by atoms with E-state index in [1.165, 1.54) is 11.8 Å². The molecule has 0 bridgehead atoms. The summed E-state index contributed by atoms with van der Waals surface area (Å²) < 4.78 is 0. The fourth-order valence-electron chi connectivity index (χ4n) is 2.03. The number of hydrogen-bond acceptors (Lipinski definition) is 3. The van der Waals surface area contributed by atoms with Crippen molar-refractivity contribution in [2.75, 3.05) is 0 Å². The first-order chi connectivity index (χ1) is 7.50. The van der Waals surface area contributed by atoms with Crippen LogP contribution in [0, 0.1) is 0 Å². The van der Waals surface area contributed by atoms with Crippen LogP contribution in [-0.2, 0) is 4.79 Å². The van der Waals surface area contributed by atoms with E-state index in [2.05, 4.69) is 0 Å². The number of carbonyl (C=O) groups is 1. The standard InChI is InChI=1S/C12H14O3S/c1-12(15)7-9(16-10(12)11(13)14)8-5-3-2-4-6-8/h2-6,9-10,15H,7H2,1H3,(H,13,14)/t9-,10+,12-/m0/s1. The highest BCUT2D eigenvalue weighted by molar-refractivity contribution is 8.01. The zero-order valence-electron chi connectivity index (χ0n) is 8.96. The number of hydrogen-bond donors (Lipinski definition) is 2. The van der Waals surface area contributed by atoms with Gasteiger partial charge in [0.1, 0.15) is 5.25 Å². The third kappa shape index (κ3) is 2.08. The molecule has 2 rings (SSSR count). The van der Waals surface area contributed by atoms with E-state index in [0.717, 1.165) is 5.56 Å². The van der Waals surface area contributed by atoms with Crippen LogP contribution in [0.15, 0.2) is 30.3 Å². The molecule has 3 atom stereocenters. The summed E-state index contributed by atoms with van der Waals surface area (Å²) in [5.41, 5.74) is -0.0479. The van der Waals surface area contributed by atoms with Crippen LogP contribution in [0.5, 0.6) is 0 Å². The van der Waals surface area contributed by atoms with Crippen molar-refractivity contribution in [1.29, 1.82) is 0 Å². The van der Waals surface area contributed by atoms with Gasteiger partial charge in [-0.1, -0.05) is 30.3 Å². The van der Waals surface area contributed by atoms with Crippen molar-refractivity contribution in [3.05, 3.63) is 35.9 Å². The molecule has 4 heteroatoms. The average molecular weight is 238 g/mol. The maximum atomic E-state index is 11.0. The Morgan fingerprint density at radius 1 is 1.44 bits per heavy atom. The molecule has 1 aromatic rings. The SMILES string of the molecule is C[C@]1(O)C[C@@H](c2ccccc2)S[C@@H]1C(=O)O. The summed E-state index contributed by atoms with van der Waals surface area (Å²) in [6.45, 7) is 1.60. The van der Waals surface area contributed by atoms with Gasteiger partial charge in [-0.15, -0.1) is 11.8 Å². The van der Waals surface area contributed by atoms with Gasteiger partial charge in [-0.05, 0) is 18.9 Å². The Morgan fingerprint density at radius 3 is 2.56 bits per heavy atom. The Labute approximate surface area is 98.5 Å². The number of thioether (sulfide) groups is 1. The van der Waals surface area contributed by atoms with Gasteiger partial charge in [0, 0.05) is 5.25 Å². The van der Waals surface area contributed by atoms with Crippen molar-refractivity contribution in [2.45, 2.75) is 29.4 Å². The molecule has 1 aliphatic heterocycles. The molecule has 0 aliphatic carbocycles. The molecule has 0 aromatic heterocycles. The number of carboxylic acid groups (broad SMARTS) is 1. The highest BCUT2D eigenvalue weighted by Gasteiger charge is 2.47. The van der Waals surface area contributed by atoms with Crippen LogP contribution in [0.25, 0.3) is 0 Å². The van der Waals surface area contributed by atoms with E-state index in [0.29, 0.717) is 6.42 Å². The second-order valence-corrected chi connectivity index (χ2v) is 5.63. The van der Waals surface area contributed by atoms with Gasteiger partial charge in [-0.25, -0.2) is 0 Å².